The topological polar surface area (TPSA) is 105 Å². The number of non-ortho nitro benzene ring substituents is 2. The van der Waals surface area contributed by atoms with Gasteiger partial charge in [-0.25, -0.2) is 0 Å². The molecule has 8 nitrogen and oxygen atoms in total. The standard InChI is InChI=1S/C25H14N2O6/c28-26(29)17-3-5-19-15(13-17)1-7-23-21(19)9-11-25(32-23)12-10-22-20-6-4-18(27(30)31)14-16(20)2-8-24(22)33-25/h1-14H. The van der Waals surface area contributed by atoms with Crippen molar-refractivity contribution in [2.45, 2.75) is 5.79 Å². The lowest BCUT2D eigenvalue weighted by Crippen LogP contribution is -2.41. The molecular weight excluding hydrogens is 424 g/mol. The summed E-state index contributed by atoms with van der Waals surface area (Å²) < 4.78 is 12.5. The highest BCUT2D eigenvalue weighted by Gasteiger charge is 2.36. The highest BCUT2D eigenvalue weighted by Crippen LogP contribution is 2.43. The van der Waals surface area contributed by atoms with Crippen LogP contribution in [0.3, 0.4) is 0 Å². The number of benzene rings is 4. The molecule has 0 saturated heterocycles. The highest BCUT2D eigenvalue weighted by atomic mass is 16.7. The first-order valence-corrected chi connectivity index (χ1v) is 10.1. The number of nitro groups is 2. The minimum absolute atomic E-state index is 0.0346. The SMILES string of the molecule is O=[N+]([O-])c1ccc2c3c(ccc2c1)OC1(C=C3)C=Cc2c(ccc3cc([N+](=O)[O-])ccc23)O1. The fourth-order valence-electron chi connectivity index (χ4n) is 4.35. The zero-order valence-electron chi connectivity index (χ0n) is 16.9. The third-order valence-electron chi connectivity index (χ3n) is 5.94. The maximum absolute atomic E-state index is 11.1. The molecule has 160 valence electrons. The van der Waals surface area contributed by atoms with Crippen LogP contribution >= 0.6 is 0 Å². The number of hydrogen-bond acceptors (Lipinski definition) is 6. The second kappa shape index (κ2) is 6.64. The summed E-state index contributed by atoms with van der Waals surface area (Å²) in [5, 5.41) is 25.3. The number of nitro benzene ring substituents is 2. The van der Waals surface area contributed by atoms with E-state index in [-0.39, 0.29) is 11.4 Å². The lowest BCUT2D eigenvalue weighted by atomic mass is 9.96. The summed E-state index contributed by atoms with van der Waals surface area (Å²) in [4.78, 5) is 21.3. The average molecular weight is 438 g/mol. The molecule has 1 spiro atoms. The van der Waals surface area contributed by atoms with Crippen molar-refractivity contribution in [1.82, 2.24) is 0 Å². The van der Waals surface area contributed by atoms with Crippen molar-refractivity contribution in [1.29, 1.82) is 0 Å². The molecule has 2 aliphatic rings. The lowest BCUT2D eigenvalue weighted by molar-refractivity contribution is -0.384. The fraction of sp³-hybridized carbons (Fsp3) is 0.0400. The van der Waals surface area contributed by atoms with Gasteiger partial charge in [0.15, 0.2) is 0 Å². The van der Waals surface area contributed by atoms with E-state index in [1.807, 2.05) is 12.2 Å². The van der Waals surface area contributed by atoms with E-state index < -0.39 is 15.6 Å². The van der Waals surface area contributed by atoms with Crippen LogP contribution in [0.4, 0.5) is 11.4 Å². The maximum atomic E-state index is 11.1. The highest BCUT2D eigenvalue weighted by molar-refractivity contribution is 5.96. The van der Waals surface area contributed by atoms with Crippen LogP contribution in [0.5, 0.6) is 11.5 Å². The zero-order chi connectivity index (χ0) is 22.7. The van der Waals surface area contributed by atoms with Crippen molar-refractivity contribution in [2.24, 2.45) is 0 Å². The first kappa shape index (κ1) is 19.0. The van der Waals surface area contributed by atoms with Gasteiger partial charge in [0.2, 0.25) is 0 Å². The predicted octanol–water partition coefficient (Wildman–Crippen LogP) is 6.02. The normalized spacial score (nSPS) is 15.0. The van der Waals surface area contributed by atoms with Gasteiger partial charge in [-0.1, -0.05) is 12.1 Å². The van der Waals surface area contributed by atoms with Crippen molar-refractivity contribution in [3.63, 3.8) is 0 Å². The molecule has 0 aromatic heterocycles. The van der Waals surface area contributed by atoms with E-state index >= 15 is 0 Å². The minimum Gasteiger partial charge on any atom is -0.445 e. The maximum Gasteiger partial charge on any atom is 0.291 e. The summed E-state index contributed by atoms with van der Waals surface area (Å²) in [5.41, 5.74) is 1.71. The second-order valence-corrected chi connectivity index (χ2v) is 7.87. The second-order valence-electron chi connectivity index (χ2n) is 7.87. The molecule has 2 aliphatic heterocycles. The van der Waals surface area contributed by atoms with Gasteiger partial charge >= 0.3 is 0 Å². The summed E-state index contributed by atoms with van der Waals surface area (Å²) in [6.07, 6.45) is 7.39. The van der Waals surface area contributed by atoms with Gasteiger partial charge in [0, 0.05) is 47.5 Å². The molecule has 0 aliphatic carbocycles. The number of fused-ring (bicyclic) bond motifs is 6. The molecular formula is C25H14N2O6. The number of nitrogens with zero attached hydrogens (tertiary/aromatic N) is 2. The van der Waals surface area contributed by atoms with Crippen LogP contribution in [0, 0.1) is 20.2 Å². The van der Waals surface area contributed by atoms with Gasteiger partial charge in [-0.3, -0.25) is 20.2 Å². The first-order chi connectivity index (χ1) is 15.9. The van der Waals surface area contributed by atoms with Gasteiger partial charge in [0.05, 0.1) is 9.85 Å². The monoisotopic (exact) mass is 438 g/mol. The lowest BCUT2D eigenvalue weighted by Gasteiger charge is -2.35. The Kier molecular flexibility index (Phi) is 3.82. The molecule has 0 bridgehead atoms. The summed E-state index contributed by atoms with van der Waals surface area (Å²) in [5.74, 6) is 0.0647. The van der Waals surface area contributed by atoms with Gasteiger partial charge in [0.25, 0.3) is 17.2 Å². The van der Waals surface area contributed by atoms with Crippen LogP contribution in [-0.4, -0.2) is 15.6 Å². The fourth-order valence-corrected chi connectivity index (χ4v) is 4.35. The van der Waals surface area contributed by atoms with Gasteiger partial charge in [0.1, 0.15) is 11.5 Å². The Labute approximate surface area is 186 Å². The number of ether oxygens (including phenoxy) is 2. The van der Waals surface area contributed by atoms with Crippen molar-refractivity contribution in [3.05, 3.63) is 104 Å². The van der Waals surface area contributed by atoms with Crippen LogP contribution in [0.1, 0.15) is 11.1 Å². The van der Waals surface area contributed by atoms with E-state index in [0.29, 0.717) is 11.5 Å². The third kappa shape index (κ3) is 2.92. The Morgan fingerprint density at radius 3 is 1.52 bits per heavy atom. The molecule has 4 aromatic rings. The Morgan fingerprint density at radius 2 is 1.09 bits per heavy atom. The van der Waals surface area contributed by atoms with Crippen LogP contribution in [0.2, 0.25) is 0 Å². The van der Waals surface area contributed by atoms with Crippen molar-refractivity contribution in [3.8, 4) is 11.5 Å². The molecule has 4 aromatic carbocycles. The molecule has 8 heteroatoms. The number of rotatable bonds is 2. The summed E-state index contributed by atoms with van der Waals surface area (Å²) >= 11 is 0. The van der Waals surface area contributed by atoms with E-state index in [1.165, 1.54) is 24.3 Å². The summed E-state index contributed by atoms with van der Waals surface area (Å²) in [7, 11) is 0. The molecule has 0 radical (unpaired) electrons. The average Bonchev–Trinajstić information content (AvgIpc) is 2.82. The van der Waals surface area contributed by atoms with E-state index in [2.05, 4.69) is 0 Å². The van der Waals surface area contributed by atoms with E-state index in [0.717, 1.165) is 32.7 Å². The first-order valence-electron chi connectivity index (χ1n) is 10.1. The van der Waals surface area contributed by atoms with Gasteiger partial charge in [-0.2, -0.15) is 0 Å². The van der Waals surface area contributed by atoms with Crippen LogP contribution < -0.4 is 9.47 Å². The third-order valence-corrected chi connectivity index (χ3v) is 5.94. The number of hydrogen-bond donors (Lipinski definition) is 0. The van der Waals surface area contributed by atoms with E-state index in [4.69, 9.17) is 9.47 Å². The van der Waals surface area contributed by atoms with Crippen LogP contribution in [-0.2, 0) is 0 Å². The molecule has 0 saturated carbocycles. The predicted molar refractivity (Wildman–Crippen MR) is 123 cm³/mol. The van der Waals surface area contributed by atoms with Crippen molar-refractivity contribution >= 4 is 45.1 Å². The summed E-state index contributed by atoms with van der Waals surface area (Å²) in [6.45, 7) is 0. The smallest absolute Gasteiger partial charge is 0.291 e. The molecule has 2 heterocycles. The van der Waals surface area contributed by atoms with Crippen LogP contribution in [0.25, 0.3) is 33.7 Å². The van der Waals surface area contributed by atoms with Crippen molar-refractivity contribution < 1.29 is 19.3 Å². The molecule has 33 heavy (non-hydrogen) atoms. The van der Waals surface area contributed by atoms with Gasteiger partial charge in [-0.05, 0) is 58.0 Å². The van der Waals surface area contributed by atoms with Gasteiger partial charge in [-0.15, -0.1) is 0 Å². The Morgan fingerprint density at radius 1 is 0.636 bits per heavy atom. The van der Waals surface area contributed by atoms with Gasteiger partial charge < -0.3 is 9.47 Å². The van der Waals surface area contributed by atoms with Crippen molar-refractivity contribution in [2.75, 3.05) is 0 Å². The van der Waals surface area contributed by atoms with E-state index in [1.54, 1.807) is 48.6 Å². The minimum atomic E-state index is -1.14. The molecule has 6 rings (SSSR count). The Hall–Kier alpha value is -4.72. The Bertz CT molecular complexity index is 1470. The molecule has 0 unspecified atom stereocenters. The quantitative estimate of drug-likeness (QED) is 0.280. The molecule has 0 N–H and O–H groups in total. The Balaban J connectivity index is 1.39. The largest absolute Gasteiger partial charge is 0.445 e. The molecule has 0 atom stereocenters. The zero-order valence-corrected chi connectivity index (χ0v) is 16.9. The summed E-state index contributed by atoms with van der Waals surface area (Å²) in [6, 6.07) is 16.6. The van der Waals surface area contributed by atoms with E-state index in [9.17, 15) is 20.2 Å². The molecule has 0 amide bonds. The van der Waals surface area contributed by atoms with Crippen LogP contribution in [0.15, 0.2) is 72.8 Å². The molecule has 0 fully saturated rings.